The number of carbonyl (C=O) groups excluding carboxylic acids is 1. The minimum atomic E-state index is -0.137. The van der Waals surface area contributed by atoms with Crippen molar-refractivity contribution in [3.8, 4) is 0 Å². The second kappa shape index (κ2) is 3.18. The van der Waals surface area contributed by atoms with Crippen molar-refractivity contribution in [2.75, 3.05) is 5.75 Å². The van der Waals surface area contributed by atoms with Crippen molar-refractivity contribution in [2.24, 2.45) is 5.41 Å². The first-order valence-corrected chi connectivity index (χ1v) is 5.22. The molecule has 2 heteroatoms. The number of ketones is 1. The van der Waals surface area contributed by atoms with E-state index < -0.39 is 0 Å². The Morgan fingerprint density at radius 2 is 2.09 bits per heavy atom. The highest BCUT2D eigenvalue weighted by Crippen LogP contribution is 2.32. The van der Waals surface area contributed by atoms with Gasteiger partial charge in [0.2, 0.25) is 0 Å². The number of Topliss-reactive ketones (excluding diaryl/α,β-unsaturated/α-hetero) is 1. The minimum Gasteiger partial charge on any atom is -0.298 e. The minimum absolute atomic E-state index is 0.137. The zero-order valence-electron chi connectivity index (χ0n) is 7.52. The van der Waals surface area contributed by atoms with Crippen molar-refractivity contribution in [2.45, 2.75) is 38.9 Å². The highest BCUT2D eigenvalue weighted by atomic mass is 32.2. The van der Waals surface area contributed by atoms with Gasteiger partial charge >= 0.3 is 0 Å². The first-order chi connectivity index (χ1) is 5.02. The third-order valence-electron chi connectivity index (χ3n) is 1.96. The van der Waals surface area contributed by atoms with Gasteiger partial charge in [-0.25, -0.2) is 0 Å². The summed E-state index contributed by atoms with van der Waals surface area (Å²) in [6, 6.07) is 0. The molecule has 0 radical (unpaired) electrons. The smallest absolute Gasteiger partial charge is 0.151 e. The van der Waals surface area contributed by atoms with E-state index >= 15 is 0 Å². The molecule has 1 unspecified atom stereocenters. The number of hydrogen-bond acceptors (Lipinski definition) is 2. The van der Waals surface area contributed by atoms with Crippen LogP contribution in [0.25, 0.3) is 0 Å². The molecule has 0 bridgehead atoms. The molecule has 1 fully saturated rings. The summed E-state index contributed by atoms with van der Waals surface area (Å²) in [5.74, 6) is 1.60. The molecular formula is C9H16OS. The lowest BCUT2D eigenvalue weighted by Gasteiger charge is -2.20. The standard InChI is InChI=1S/C9H16OS/c1-9(2,3)8(10)7-5-4-6-11-7/h7H,4-6H2,1-3H3. The molecule has 1 heterocycles. The van der Waals surface area contributed by atoms with Crippen LogP contribution in [-0.2, 0) is 4.79 Å². The number of thioether (sulfide) groups is 1. The van der Waals surface area contributed by atoms with E-state index in [0.29, 0.717) is 11.0 Å². The predicted octanol–water partition coefficient (Wildman–Crippen LogP) is 2.50. The second-order valence-corrected chi connectivity index (χ2v) is 5.43. The van der Waals surface area contributed by atoms with Gasteiger partial charge in [0, 0.05) is 5.41 Å². The number of carbonyl (C=O) groups is 1. The molecule has 1 aliphatic rings. The van der Waals surface area contributed by atoms with Crippen molar-refractivity contribution in [3.63, 3.8) is 0 Å². The van der Waals surface area contributed by atoms with Crippen LogP contribution in [-0.4, -0.2) is 16.8 Å². The van der Waals surface area contributed by atoms with Crippen LogP contribution in [0.1, 0.15) is 33.6 Å². The van der Waals surface area contributed by atoms with Crippen LogP contribution in [0.3, 0.4) is 0 Å². The maximum atomic E-state index is 11.6. The molecule has 0 spiro atoms. The van der Waals surface area contributed by atoms with Gasteiger partial charge in [0.1, 0.15) is 0 Å². The molecule has 1 nitrogen and oxygen atoms in total. The largest absolute Gasteiger partial charge is 0.298 e. The molecule has 0 aromatic rings. The van der Waals surface area contributed by atoms with E-state index in [9.17, 15) is 4.79 Å². The summed E-state index contributed by atoms with van der Waals surface area (Å²) in [5, 5.41) is 0.301. The van der Waals surface area contributed by atoms with Crippen molar-refractivity contribution in [1.29, 1.82) is 0 Å². The molecular weight excluding hydrogens is 156 g/mol. The van der Waals surface area contributed by atoms with Crippen LogP contribution in [0.2, 0.25) is 0 Å². The molecule has 1 atom stereocenters. The van der Waals surface area contributed by atoms with Gasteiger partial charge in [0.05, 0.1) is 5.25 Å². The average Bonchev–Trinajstić information content (AvgIpc) is 2.34. The third-order valence-corrected chi connectivity index (χ3v) is 3.34. The zero-order chi connectivity index (χ0) is 8.48. The summed E-state index contributed by atoms with van der Waals surface area (Å²) >= 11 is 1.83. The monoisotopic (exact) mass is 172 g/mol. The Kier molecular flexibility index (Phi) is 2.63. The molecule has 1 rings (SSSR count). The fraction of sp³-hybridized carbons (Fsp3) is 0.889. The van der Waals surface area contributed by atoms with Crippen molar-refractivity contribution < 1.29 is 4.79 Å². The summed E-state index contributed by atoms with van der Waals surface area (Å²) in [6.45, 7) is 6.02. The maximum Gasteiger partial charge on any atom is 0.151 e. The summed E-state index contributed by atoms with van der Waals surface area (Å²) in [4.78, 5) is 11.6. The Morgan fingerprint density at radius 1 is 1.45 bits per heavy atom. The molecule has 0 aromatic carbocycles. The Balaban J connectivity index is 2.53. The van der Waals surface area contributed by atoms with Crippen molar-refractivity contribution >= 4 is 17.5 Å². The van der Waals surface area contributed by atoms with Gasteiger partial charge in [0.15, 0.2) is 5.78 Å². The van der Waals surface area contributed by atoms with E-state index in [4.69, 9.17) is 0 Å². The van der Waals surface area contributed by atoms with Gasteiger partial charge in [-0.1, -0.05) is 20.8 Å². The third kappa shape index (κ3) is 2.22. The lowest BCUT2D eigenvalue weighted by molar-refractivity contribution is -0.125. The van der Waals surface area contributed by atoms with Crippen LogP contribution >= 0.6 is 11.8 Å². The molecule has 0 amide bonds. The quantitative estimate of drug-likeness (QED) is 0.604. The van der Waals surface area contributed by atoms with E-state index in [2.05, 4.69) is 0 Å². The topological polar surface area (TPSA) is 17.1 Å². The van der Waals surface area contributed by atoms with Crippen LogP contribution in [0, 0.1) is 5.41 Å². The van der Waals surface area contributed by atoms with Gasteiger partial charge in [-0.15, -0.1) is 0 Å². The van der Waals surface area contributed by atoms with Gasteiger partial charge in [0.25, 0.3) is 0 Å². The van der Waals surface area contributed by atoms with Gasteiger partial charge in [-0.05, 0) is 18.6 Å². The Labute approximate surface area is 72.9 Å². The first-order valence-electron chi connectivity index (χ1n) is 4.18. The van der Waals surface area contributed by atoms with Gasteiger partial charge < -0.3 is 0 Å². The molecule has 0 aromatic heterocycles. The first kappa shape index (κ1) is 9.11. The Hall–Kier alpha value is 0.0200. The van der Waals surface area contributed by atoms with Crippen LogP contribution < -0.4 is 0 Å². The molecule has 0 aliphatic carbocycles. The fourth-order valence-corrected chi connectivity index (χ4v) is 2.72. The highest BCUT2D eigenvalue weighted by Gasteiger charge is 2.31. The highest BCUT2D eigenvalue weighted by molar-refractivity contribution is 8.00. The molecule has 11 heavy (non-hydrogen) atoms. The zero-order valence-corrected chi connectivity index (χ0v) is 8.33. The van der Waals surface area contributed by atoms with E-state index in [1.54, 1.807) is 0 Å². The van der Waals surface area contributed by atoms with Crippen LogP contribution in [0.5, 0.6) is 0 Å². The van der Waals surface area contributed by atoms with Gasteiger partial charge in [-0.3, -0.25) is 4.79 Å². The molecule has 0 saturated carbocycles. The average molecular weight is 172 g/mol. The Bertz CT molecular complexity index is 151. The lowest BCUT2D eigenvalue weighted by Crippen LogP contribution is -2.28. The summed E-state index contributed by atoms with van der Waals surface area (Å²) in [6.07, 6.45) is 2.32. The van der Waals surface area contributed by atoms with Crippen LogP contribution in [0.15, 0.2) is 0 Å². The molecule has 0 N–H and O–H groups in total. The summed E-state index contributed by atoms with van der Waals surface area (Å²) < 4.78 is 0. The van der Waals surface area contributed by atoms with Crippen LogP contribution in [0.4, 0.5) is 0 Å². The van der Waals surface area contributed by atoms with Gasteiger partial charge in [-0.2, -0.15) is 11.8 Å². The molecule has 1 saturated heterocycles. The van der Waals surface area contributed by atoms with E-state index in [1.165, 1.54) is 12.2 Å². The van der Waals surface area contributed by atoms with Crippen molar-refractivity contribution in [3.05, 3.63) is 0 Å². The number of hydrogen-bond donors (Lipinski definition) is 0. The second-order valence-electron chi connectivity index (χ2n) is 4.12. The summed E-state index contributed by atoms with van der Waals surface area (Å²) in [5.41, 5.74) is -0.137. The summed E-state index contributed by atoms with van der Waals surface area (Å²) in [7, 11) is 0. The lowest BCUT2D eigenvalue weighted by atomic mass is 9.88. The Morgan fingerprint density at radius 3 is 2.45 bits per heavy atom. The number of rotatable bonds is 1. The predicted molar refractivity (Wildman–Crippen MR) is 49.9 cm³/mol. The normalized spacial score (nSPS) is 25.5. The van der Waals surface area contributed by atoms with E-state index in [1.807, 2.05) is 32.5 Å². The molecule has 64 valence electrons. The molecule has 1 aliphatic heterocycles. The SMILES string of the molecule is CC(C)(C)C(=O)C1CCCS1. The van der Waals surface area contributed by atoms with E-state index in [0.717, 1.165) is 6.42 Å². The maximum absolute atomic E-state index is 11.6. The fourth-order valence-electron chi connectivity index (χ4n) is 1.27. The van der Waals surface area contributed by atoms with Crippen molar-refractivity contribution in [1.82, 2.24) is 0 Å². The van der Waals surface area contributed by atoms with E-state index in [-0.39, 0.29) is 5.41 Å².